The van der Waals surface area contributed by atoms with E-state index in [0.717, 1.165) is 29.1 Å². The largest absolute Gasteiger partial charge is 0.304 e. The van der Waals surface area contributed by atoms with Crippen molar-refractivity contribution in [3.05, 3.63) is 78.2 Å². The molecular weight excluding hydrogens is 284 g/mol. The normalized spacial score (nSPS) is 11.0. The molecule has 0 atom stereocenters. The zero-order valence-corrected chi connectivity index (χ0v) is 12.8. The van der Waals surface area contributed by atoms with Crippen molar-refractivity contribution in [1.29, 1.82) is 0 Å². The molecule has 0 saturated carbocycles. The van der Waals surface area contributed by atoms with Gasteiger partial charge in [-0.3, -0.25) is 4.98 Å². The topological polar surface area (TPSA) is 43.6 Å². The number of pyridine rings is 2. The van der Waals surface area contributed by atoms with Crippen molar-refractivity contribution < 1.29 is 0 Å². The number of benzene rings is 1. The summed E-state index contributed by atoms with van der Waals surface area (Å²) < 4.78 is 2.15. The van der Waals surface area contributed by atoms with E-state index in [2.05, 4.69) is 45.7 Å². The first-order valence-electron chi connectivity index (χ1n) is 7.58. The summed E-state index contributed by atoms with van der Waals surface area (Å²) in [7, 11) is 0. The number of imidazole rings is 1. The minimum Gasteiger partial charge on any atom is -0.304 e. The number of rotatable bonds is 3. The van der Waals surface area contributed by atoms with E-state index in [1.165, 1.54) is 11.1 Å². The van der Waals surface area contributed by atoms with Crippen LogP contribution >= 0.6 is 0 Å². The van der Waals surface area contributed by atoms with E-state index in [1.807, 2.05) is 36.7 Å². The minimum absolute atomic E-state index is 0.734. The highest BCUT2D eigenvalue weighted by Crippen LogP contribution is 2.24. The Bertz CT molecular complexity index is 940. The average Bonchev–Trinajstić information content (AvgIpc) is 2.96. The summed E-state index contributed by atoms with van der Waals surface area (Å²) in [6.07, 6.45) is 5.42. The molecular formula is C19H16N4. The highest BCUT2D eigenvalue weighted by molar-refractivity contribution is 5.77. The van der Waals surface area contributed by atoms with E-state index >= 15 is 0 Å². The van der Waals surface area contributed by atoms with E-state index in [-0.39, 0.29) is 0 Å². The summed E-state index contributed by atoms with van der Waals surface area (Å²) in [5.41, 5.74) is 5.28. The van der Waals surface area contributed by atoms with Crippen molar-refractivity contribution in [3.8, 4) is 11.4 Å². The van der Waals surface area contributed by atoms with Crippen LogP contribution in [0.2, 0.25) is 0 Å². The van der Waals surface area contributed by atoms with Gasteiger partial charge in [0.25, 0.3) is 0 Å². The molecule has 4 nitrogen and oxygen atoms in total. The fraction of sp³-hybridized carbons (Fsp3) is 0.105. The molecule has 0 unspecified atom stereocenters. The maximum Gasteiger partial charge on any atom is 0.160 e. The van der Waals surface area contributed by atoms with Gasteiger partial charge in [-0.25, -0.2) is 9.97 Å². The summed E-state index contributed by atoms with van der Waals surface area (Å²) in [6.45, 7) is 2.83. The summed E-state index contributed by atoms with van der Waals surface area (Å²) in [6, 6.07) is 16.4. The van der Waals surface area contributed by atoms with E-state index in [4.69, 9.17) is 4.98 Å². The molecule has 4 aromatic rings. The summed E-state index contributed by atoms with van der Waals surface area (Å²) in [5, 5.41) is 0. The van der Waals surface area contributed by atoms with Crippen LogP contribution in [0.1, 0.15) is 11.1 Å². The molecule has 112 valence electrons. The van der Waals surface area contributed by atoms with Crippen LogP contribution in [0.25, 0.3) is 22.6 Å². The van der Waals surface area contributed by atoms with Gasteiger partial charge in [0.2, 0.25) is 0 Å². The van der Waals surface area contributed by atoms with Crippen LogP contribution < -0.4 is 0 Å². The number of aryl methyl sites for hydroxylation is 1. The van der Waals surface area contributed by atoms with Crippen LogP contribution in [0.5, 0.6) is 0 Å². The van der Waals surface area contributed by atoms with Crippen LogP contribution in [0.15, 0.2) is 67.1 Å². The van der Waals surface area contributed by atoms with Gasteiger partial charge in [-0.1, -0.05) is 29.8 Å². The molecule has 3 aromatic heterocycles. The van der Waals surface area contributed by atoms with Crippen molar-refractivity contribution in [3.63, 3.8) is 0 Å². The molecule has 0 N–H and O–H groups in total. The highest BCUT2D eigenvalue weighted by atomic mass is 15.1. The third kappa shape index (κ3) is 2.59. The van der Waals surface area contributed by atoms with Gasteiger partial charge in [0, 0.05) is 24.2 Å². The first-order valence-corrected chi connectivity index (χ1v) is 7.58. The van der Waals surface area contributed by atoms with E-state index in [1.54, 1.807) is 6.20 Å². The van der Waals surface area contributed by atoms with E-state index in [9.17, 15) is 0 Å². The maximum atomic E-state index is 4.76. The molecule has 0 amide bonds. The number of hydrogen-bond donors (Lipinski definition) is 0. The Kier molecular flexibility index (Phi) is 3.35. The monoisotopic (exact) mass is 300 g/mol. The fourth-order valence-electron chi connectivity index (χ4n) is 2.70. The second kappa shape index (κ2) is 5.65. The van der Waals surface area contributed by atoms with Gasteiger partial charge in [-0.15, -0.1) is 0 Å². The quantitative estimate of drug-likeness (QED) is 0.577. The Balaban J connectivity index is 1.87. The Labute approximate surface area is 134 Å². The number of aromatic nitrogens is 4. The lowest BCUT2D eigenvalue weighted by molar-refractivity contribution is 0.823. The molecule has 0 saturated heterocycles. The van der Waals surface area contributed by atoms with Crippen molar-refractivity contribution in [2.45, 2.75) is 13.5 Å². The second-order valence-corrected chi connectivity index (χ2v) is 5.59. The highest BCUT2D eigenvalue weighted by Gasteiger charge is 2.13. The van der Waals surface area contributed by atoms with Gasteiger partial charge in [0.05, 0.1) is 6.54 Å². The van der Waals surface area contributed by atoms with E-state index in [0.29, 0.717) is 0 Å². The van der Waals surface area contributed by atoms with Crippen molar-refractivity contribution >= 4 is 11.2 Å². The van der Waals surface area contributed by atoms with E-state index < -0.39 is 0 Å². The molecule has 0 aliphatic carbocycles. The zero-order chi connectivity index (χ0) is 15.6. The second-order valence-electron chi connectivity index (χ2n) is 5.59. The Morgan fingerprint density at radius 3 is 2.57 bits per heavy atom. The molecule has 23 heavy (non-hydrogen) atoms. The average molecular weight is 300 g/mol. The molecule has 1 aromatic carbocycles. The first kappa shape index (κ1) is 13.6. The SMILES string of the molecule is Cc1ccc(Cn2c(-c3cccnc3)nc3cccnc32)cc1. The molecule has 0 bridgehead atoms. The number of fused-ring (bicyclic) bond motifs is 1. The lowest BCUT2D eigenvalue weighted by Crippen LogP contribution is -2.03. The third-order valence-corrected chi connectivity index (χ3v) is 3.88. The summed E-state index contributed by atoms with van der Waals surface area (Å²) in [5.74, 6) is 0.896. The number of hydrogen-bond acceptors (Lipinski definition) is 3. The fourth-order valence-corrected chi connectivity index (χ4v) is 2.70. The van der Waals surface area contributed by atoms with Crippen LogP contribution in [0.3, 0.4) is 0 Å². The molecule has 0 aliphatic rings. The lowest BCUT2D eigenvalue weighted by Gasteiger charge is -2.09. The lowest BCUT2D eigenvalue weighted by atomic mass is 10.1. The molecule has 0 aliphatic heterocycles. The molecule has 0 spiro atoms. The van der Waals surface area contributed by atoms with Gasteiger partial charge in [-0.05, 0) is 36.8 Å². The summed E-state index contributed by atoms with van der Waals surface area (Å²) >= 11 is 0. The molecule has 4 rings (SSSR count). The van der Waals surface area contributed by atoms with Crippen LogP contribution in [-0.2, 0) is 6.54 Å². The van der Waals surface area contributed by atoms with Crippen molar-refractivity contribution in [1.82, 2.24) is 19.5 Å². The van der Waals surface area contributed by atoms with Crippen molar-refractivity contribution in [2.24, 2.45) is 0 Å². The molecule has 0 radical (unpaired) electrons. The molecule has 4 heteroatoms. The first-order chi connectivity index (χ1) is 11.3. The smallest absolute Gasteiger partial charge is 0.160 e. The molecule has 3 heterocycles. The van der Waals surface area contributed by atoms with Gasteiger partial charge in [0.15, 0.2) is 5.65 Å². The maximum absolute atomic E-state index is 4.76. The third-order valence-electron chi connectivity index (χ3n) is 3.88. The zero-order valence-electron chi connectivity index (χ0n) is 12.8. The summed E-state index contributed by atoms with van der Waals surface area (Å²) in [4.78, 5) is 13.5. The Hall–Kier alpha value is -3.01. The van der Waals surface area contributed by atoms with Crippen LogP contribution in [0, 0.1) is 6.92 Å². The van der Waals surface area contributed by atoms with Gasteiger partial charge in [0.1, 0.15) is 11.3 Å². The Morgan fingerprint density at radius 1 is 0.957 bits per heavy atom. The standard InChI is InChI=1S/C19H16N4/c1-14-6-8-15(9-7-14)13-23-18(16-4-2-10-20-12-16)22-17-5-3-11-21-19(17)23/h2-12H,13H2,1H3. The van der Waals surface area contributed by atoms with Crippen LogP contribution in [-0.4, -0.2) is 19.5 Å². The van der Waals surface area contributed by atoms with Gasteiger partial charge >= 0.3 is 0 Å². The predicted molar refractivity (Wildman–Crippen MR) is 91.0 cm³/mol. The van der Waals surface area contributed by atoms with Crippen molar-refractivity contribution in [2.75, 3.05) is 0 Å². The Morgan fingerprint density at radius 2 is 1.78 bits per heavy atom. The van der Waals surface area contributed by atoms with Gasteiger partial charge in [-0.2, -0.15) is 0 Å². The van der Waals surface area contributed by atoms with Crippen LogP contribution in [0.4, 0.5) is 0 Å². The minimum atomic E-state index is 0.734. The van der Waals surface area contributed by atoms with Gasteiger partial charge < -0.3 is 4.57 Å². The number of nitrogens with zero attached hydrogens (tertiary/aromatic N) is 4. The molecule has 0 fully saturated rings. The predicted octanol–water partition coefficient (Wildman–Crippen LogP) is 3.85.